The van der Waals surface area contributed by atoms with Crippen LogP contribution in [0.1, 0.15) is 32.0 Å². The molecule has 0 amide bonds. The summed E-state index contributed by atoms with van der Waals surface area (Å²) in [6.45, 7) is 4.27. The van der Waals surface area contributed by atoms with Crippen LogP contribution in [0.5, 0.6) is 0 Å². The van der Waals surface area contributed by atoms with Gasteiger partial charge in [-0.25, -0.2) is 28.4 Å². The number of sulfone groups is 1. The number of pyridine rings is 2. The average molecular weight is 497 g/mol. The van der Waals surface area contributed by atoms with Gasteiger partial charge in [-0.2, -0.15) is 17.6 Å². The standard InChI is InChI=1S/C20H19F4N7O2S/c1-18(2)17(25)31-19(3,9-34(18,32)33)11-6-10(7-28-15(11)21)29-16-14-12(4-5-26-16)30-13(8-27-14)20(22,23)24/h4-8H,9H2,1-3H3,(H2,25,31)(H,26,29)/t19-/m0/s1. The van der Waals surface area contributed by atoms with Crippen molar-refractivity contribution in [2.24, 2.45) is 10.7 Å². The number of alkyl halides is 3. The molecule has 180 valence electrons. The lowest BCUT2D eigenvalue weighted by Crippen LogP contribution is -2.55. The Bertz CT molecular complexity index is 1440. The third-order valence-corrected chi connectivity index (χ3v) is 8.37. The van der Waals surface area contributed by atoms with E-state index in [0.29, 0.717) is 6.20 Å². The third-order valence-electron chi connectivity index (χ3n) is 5.66. The minimum Gasteiger partial charge on any atom is -0.386 e. The fourth-order valence-corrected chi connectivity index (χ4v) is 5.17. The minimum absolute atomic E-state index is 0.0387. The molecule has 0 fully saturated rings. The van der Waals surface area contributed by atoms with Crippen molar-refractivity contribution in [1.82, 2.24) is 19.9 Å². The van der Waals surface area contributed by atoms with Crippen LogP contribution in [0.15, 0.2) is 35.7 Å². The summed E-state index contributed by atoms with van der Waals surface area (Å²) in [5.74, 6) is -1.57. The first-order valence-electron chi connectivity index (χ1n) is 9.84. The fourth-order valence-electron chi connectivity index (χ4n) is 3.48. The Balaban J connectivity index is 1.76. The molecule has 1 aliphatic rings. The Morgan fingerprint density at radius 1 is 1.12 bits per heavy atom. The predicted molar refractivity (Wildman–Crippen MR) is 117 cm³/mol. The number of nitrogens with two attached hydrogens (primary N) is 1. The van der Waals surface area contributed by atoms with Crippen molar-refractivity contribution in [3.8, 4) is 0 Å². The van der Waals surface area contributed by atoms with Crippen molar-refractivity contribution < 1.29 is 26.0 Å². The second kappa shape index (κ2) is 7.55. The molecule has 1 aliphatic heterocycles. The lowest BCUT2D eigenvalue weighted by Gasteiger charge is -2.37. The Hall–Kier alpha value is -3.42. The number of hydrogen-bond acceptors (Lipinski definition) is 9. The van der Waals surface area contributed by atoms with E-state index in [9.17, 15) is 26.0 Å². The number of nitrogens with one attached hydrogen (secondary N) is 1. The van der Waals surface area contributed by atoms with Crippen LogP contribution < -0.4 is 11.1 Å². The summed E-state index contributed by atoms with van der Waals surface area (Å²) in [5.41, 5.74) is 3.23. The van der Waals surface area contributed by atoms with Crippen LogP contribution in [0.2, 0.25) is 0 Å². The molecular formula is C20H19F4N7O2S. The number of rotatable bonds is 3. The molecule has 3 aromatic rings. The van der Waals surface area contributed by atoms with E-state index in [1.807, 2.05) is 0 Å². The topological polar surface area (TPSA) is 136 Å². The highest BCUT2D eigenvalue weighted by atomic mass is 32.2. The largest absolute Gasteiger partial charge is 0.434 e. The van der Waals surface area contributed by atoms with Crippen molar-refractivity contribution in [3.63, 3.8) is 0 Å². The van der Waals surface area contributed by atoms with Crippen LogP contribution in [0.4, 0.5) is 29.1 Å². The van der Waals surface area contributed by atoms with E-state index in [-0.39, 0.29) is 33.9 Å². The highest BCUT2D eigenvalue weighted by molar-refractivity contribution is 7.93. The molecule has 4 heterocycles. The summed E-state index contributed by atoms with van der Waals surface area (Å²) in [4.78, 5) is 19.4. The van der Waals surface area contributed by atoms with E-state index in [2.05, 4.69) is 30.2 Å². The second-order valence-corrected chi connectivity index (χ2v) is 11.0. The molecule has 3 N–H and O–H groups in total. The number of aliphatic imine (C=N–C) groups is 1. The average Bonchev–Trinajstić information content (AvgIpc) is 2.72. The van der Waals surface area contributed by atoms with Gasteiger partial charge < -0.3 is 11.1 Å². The lowest BCUT2D eigenvalue weighted by atomic mass is 9.94. The maximum atomic E-state index is 14.7. The quantitative estimate of drug-likeness (QED) is 0.416. The van der Waals surface area contributed by atoms with E-state index in [0.717, 1.165) is 6.20 Å². The van der Waals surface area contributed by atoms with E-state index < -0.39 is 43.7 Å². The van der Waals surface area contributed by atoms with Crippen LogP contribution in [0.25, 0.3) is 11.0 Å². The molecule has 3 aromatic heterocycles. The normalized spacial score (nSPS) is 21.8. The highest BCUT2D eigenvalue weighted by Crippen LogP contribution is 2.38. The molecule has 1 atom stereocenters. The number of nitrogens with zero attached hydrogens (tertiary/aromatic N) is 5. The van der Waals surface area contributed by atoms with Crippen LogP contribution in [-0.2, 0) is 21.6 Å². The van der Waals surface area contributed by atoms with Gasteiger partial charge in [0.25, 0.3) is 0 Å². The molecule has 0 bridgehead atoms. The molecule has 9 nitrogen and oxygen atoms in total. The van der Waals surface area contributed by atoms with E-state index in [4.69, 9.17) is 5.73 Å². The first kappa shape index (κ1) is 23.7. The van der Waals surface area contributed by atoms with Gasteiger partial charge in [-0.3, -0.25) is 4.99 Å². The van der Waals surface area contributed by atoms with Crippen LogP contribution >= 0.6 is 0 Å². The second-order valence-electron chi connectivity index (χ2n) is 8.51. The summed E-state index contributed by atoms with van der Waals surface area (Å²) >= 11 is 0. The number of fused-ring (bicyclic) bond motifs is 1. The zero-order valence-corrected chi connectivity index (χ0v) is 19.0. The van der Waals surface area contributed by atoms with E-state index >= 15 is 0 Å². The van der Waals surface area contributed by atoms with Crippen LogP contribution in [-0.4, -0.2) is 44.7 Å². The predicted octanol–water partition coefficient (Wildman–Crippen LogP) is 3.10. The molecule has 0 aliphatic carbocycles. The first-order chi connectivity index (χ1) is 15.6. The lowest BCUT2D eigenvalue weighted by molar-refractivity contribution is -0.141. The fraction of sp³-hybridized carbons (Fsp3) is 0.350. The molecule has 0 saturated heterocycles. The molecular weight excluding hydrogens is 478 g/mol. The summed E-state index contributed by atoms with van der Waals surface area (Å²) in [6, 6.07) is 2.56. The van der Waals surface area contributed by atoms with E-state index in [1.165, 1.54) is 39.1 Å². The van der Waals surface area contributed by atoms with Gasteiger partial charge in [0.05, 0.1) is 29.4 Å². The van der Waals surface area contributed by atoms with Gasteiger partial charge in [-0.15, -0.1) is 0 Å². The summed E-state index contributed by atoms with van der Waals surface area (Å²) < 4.78 is 77.8. The van der Waals surface area contributed by atoms with Crippen molar-refractivity contribution in [2.75, 3.05) is 11.1 Å². The van der Waals surface area contributed by atoms with Crippen molar-refractivity contribution in [3.05, 3.63) is 47.9 Å². The Morgan fingerprint density at radius 2 is 1.82 bits per heavy atom. The Labute approximate surface area is 191 Å². The third kappa shape index (κ3) is 3.91. The number of amidine groups is 1. The molecule has 4 rings (SSSR count). The van der Waals surface area contributed by atoms with Gasteiger partial charge in [0.2, 0.25) is 5.95 Å². The Morgan fingerprint density at radius 3 is 2.47 bits per heavy atom. The highest BCUT2D eigenvalue weighted by Gasteiger charge is 2.49. The van der Waals surface area contributed by atoms with Gasteiger partial charge in [-0.1, -0.05) is 0 Å². The summed E-state index contributed by atoms with van der Waals surface area (Å²) in [6.07, 6.45) is -1.73. The van der Waals surface area contributed by atoms with Crippen LogP contribution in [0, 0.1) is 5.95 Å². The maximum Gasteiger partial charge on any atom is 0.434 e. The molecule has 0 radical (unpaired) electrons. The van der Waals surface area contributed by atoms with Crippen molar-refractivity contribution >= 4 is 38.2 Å². The summed E-state index contributed by atoms with van der Waals surface area (Å²) in [7, 11) is -3.79. The molecule has 0 saturated carbocycles. The van der Waals surface area contributed by atoms with Gasteiger partial charge in [-0.05, 0) is 32.9 Å². The van der Waals surface area contributed by atoms with Gasteiger partial charge in [0.15, 0.2) is 21.3 Å². The SMILES string of the molecule is CC1(C)C(N)=N[C@](C)(c2cc(Nc3nccc4nc(C(F)(F)F)cnc34)cnc2F)CS1(=O)=O. The number of halogens is 4. The zero-order valence-electron chi connectivity index (χ0n) is 18.1. The van der Waals surface area contributed by atoms with Gasteiger partial charge >= 0.3 is 6.18 Å². The maximum absolute atomic E-state index is 14.7. The monoisotopic (exact) mass is 497 g/mol. The smallest absolute Gasteiger partial charge is 0.386 e. The Kier molecular flexibility index (Phi) is 5.27. The first-order valence-corrected chi connectivity index (χ1v) is 11.5. The van der Waals surface area contributed by atoms with Crippen LogP contribution in [0.3, 0.4) is 0 Å². The van der Waals surface area contributed by atoms with Gasteiger partial charge in [0, 0.05) is 11.8 Å². The zero-order chi connectivity index (χ0) is 25.1. The van der Waals surface area contributed by atoms with Crippen molar-refractivity contribution in [1.29, 1.82) is 0 Å². The van der Waals surface area contributed by atoms with Gasteiger partial charge in [0.1, 0.15) is 21.6 Å². The molecule has 14 heteroatoms. The van der Waals surface area contributed by atoms with E-state index in [1.54, 1.807) is 0 Å². The number of anilines is 2. The molecule has 0 aromatic carbocycles. The summed E-state index contributed by atoms with van der Waals surface area (Å²) in [5, 5.41) is 2.82. The number of hydrogen-bond donors (Lipinski definition) is 2. The molecule has 34 heavy (non-hydrogen) atoms. The number of aromatic nitrogens is 4. The van der Waals surface area contributed by atoms with Crippen molar-refractivity contribution in [2.45, 2.75) is 37.2 Å². The molecule has 0 unspecified atom stereocenters. The minimum atomic E-state index is -4.67. The molecule has 0 spiro atoms.